The molecular formula is C28H28ClN3O3. The van der Waals surface area contributed by atoms with E-state index in [1.807, 2.05) is 36.4 Å². The lowest BCUT2D eigenvalue weighted by Crippen LogP contribution is -2.42. The molecule has 3 aromatic rings. The second kappa shape index (κ2) is 9.46. The number of hydrogen-bond acceptors (Lipinski definition) is 5. The first kappa shape index (κ1) is 23.5. The number of carbonyl (C=O) groups excluding carboxylic acids is 1. The molecule has 0 bridgehead atoms. The molecule has 0 aliphatic carbocycles. The lowest BCUT2D eigenvalue weighted by molar-refractivity contribution is -0.0254. The number of likely N-dealkylation sites (tertiary alicyclic amines) is 1. The number of anilines is 1. The third-order valence-electron chi connectivity index (χ3n) is 7.10. The Morgan fingerprint density at radius 1 is 1.09 bits per heavy atom. The van der Waals surface area contributed by atoms with E-state index < -0.39 is 5.60 Å². The number of aromatic hydroxyl groups is 1. The highest BCUT2D eigenvalue weighted by molar-refractivity contribution is 6.30. The molecule has 1 saturated heterocycles. The zero-order valence-corrected chi connectivity index (χ0v) is 20.4. The van der Waals surface area contributed by atoms with Crippen LogP contribution in [0.3, 0.4) is 0 Å². The number of benzene rings is 2. The quantitative estimate of drug-likeness (QED) is 0.548. The van der Waals surface area contributed by atoms with E-state index in [1.54, 1.807) is 36.3 Å². The molecule has 2 aliphatic heterocycles. The lowest BCUT2D eigenvalue weighted by Gasteiger charge is -2.38. The number of nitrogens with zero attached hydrogens (tertiary/aromatic N) is 3. The molecule has 5 rings (SSSR count). The minimum absolute atomic E-state index is 0.153. The number of fused-ring (bicyclic) bond motifs is 2. The van der Waals surface area contributed by atoms with Crippen molar-refractivity contribution in [3.8, 4) is 5.75 Å². The summed E-state index contributed by atoms with van der Waals surface area (Å²) in [5.41, 5.74) is 3.70. The molecule has 0 radical (unpaired) electrons. The van der Waals surface area contributed by atoms with Crippen molar-refractivity contribution in [2.45, 2.75) is 24.9 Å². The molecule has 1 amide bonds. The van der Waals surface area contributed by atoms with E-state index in [1.165, 1.54) is 0 Å². The first-order valence-electron chi connectivity index (χ1n) is 11.8. The predicted octanol–water partition coefficient (Wildman–Crippen LogP) is 4.84. The molecule has 2 N–H and O–H groups in total. The maximum absolute atomic E-state index is 13.1. The Bertz CT molecular complexity index is 1280. The van der Waals surface area contributed by atoms with Crippen LogP contribution in [-0.4, -0.2) is 52.7 Å². The first-order valence-corrected chi connectivity index (χ1v) is 12.2. The van der Waals surface area contributed by atoms with E-state index >= 15 is 0 Å². The number of carbonyl (C=O) groups is 1. The van der Waals surface area contributed by atoms with E-state index in [2.05, 4.69) is 16.0 Å². The summed E-state index contributed by atoms with van der Waals surface area (Å²) in [5.74, 6) is -0.0196. The van der Waals surface area contributed by atoms with Gasteiger partial charge in [0.25, 0.3) is 5.91 Å². The average molecular weight is 490 g/mol. The van der Waals surface area contributed by atoms with Gasteiger partial charge in [-0.2, -0.15) is 0 Å². The smallest absolute Gasteiger partial charge is 0.277 e. The summed E-state index contributed by atoms with van der Waals surface area (Å²) >= 11 is 6.00. The molecule has 35 heavy (non-hydrogen) atoms. The number of phenolic OH excluding ortho intramolecular Hbond substituents is 1. The normalized spacial score (nSPS) is 18.8. The largest absolute Gasteiger partial charge is 0.508 e. The van der Waals surface area contributed by atoms with Gasteiger partial charge in [0.15, 0.2) is 0 Å². The van der Waals surface area contributed by atoms with Gasteiger partial charge >= 0.3 is 0 Å². The van der Waals surface area contributed by atoms with Crippen LogP contribution in [0, 0.1) is 0 Å². The minimum Gasteiger partial charge on any atom is -0.508 e. The number of halogens is 1. The number of pyridine rings is 1. The number of aromatic nitrogens is 1. The fourth-order valence-electron chi connectivity index (χ4n) is 5.05. The van der Waals surface area contributed by atoms with Crippen molar-refractivity contribution in [1.82, 2.24) is 9.88 Å². The average Bonchev–Trinajstić information content (AvgIpc) is 2.95. The molecule has 2 aromatic carbocycles. The topological polar surface area (TPSA) is 76.9 Å². The molecule has 1 fully saturated rings. The van der Waals surface area contributed by atoms with E-state index in [0.29, 0.717) is 23.6 Å². The van der Waals surface area contributed by atoms with E-state index in [-0.39, 0.29) is 11.7 Å². The summed E-state index contributed by atoms with van der Waals surface area (Å²) in [4.78, 5) is 21.4. The van der Waals surface area contributed by atoms with Crippen molar-refractivity contribution < 1.29 is 15.0 Å². The van der Waals surface area contributed by atoms with Crippen molar-refractivity contribution in [1.29, 1.82) is 0 Å². The van der Waals surface area contributed by atoms with Crippen LogP contribution < -0.4 is 4.90 Å². The third kappa shape index (κ3) is 4.57. The molecule has 7 heteroatoms. The zero-order chi connectivity index (χ0) is 24.6. The van der Waals surface area contributed by atoms with Crippen molar-refractivity contribution in [3.05, 3.63) is 94.3 Å². The number of aliphatic hydroxyl groups is 1. The summed E-state index contributed by atoms with van der Waals surface area (Å²) in [5, 5.41) is 22.0. The van der Waals surface area contributed by atoms with E-state index in [0.717, 1.165) is 54.0 Å². The molecule has 180 valence electrons. The van der Waals surface area contributed by atoms with Crippen molar-refractivity contribution in [2.75, 3.05) is 31.6 Å². The fraction of sp³-hybridized carbons (Fsp3) is 0.286. The van der Waals surface area contributed by atoms with Gasteiger partial charge < -0.3 is 20.0 Å². The summed E-state index contributed by atoms with van der Waals surface area (Å²) < 4.78 is 0. The van der Waals surface area contributed by atoms with Crippen LogP contribution in [0.25, 0.3) is 5.57 Å². The Morgan fingerprint density at radius 2 is 1.83 bits per heavy atom. The summed E-state index contributed by atoms with van der Waals surface area (Å²) in [6, 6.07) is 16.3. The molecule has 0 saturated carbocycles. The van der Waals surface area contributed by atoms with Gasteiger partial charge in [0.2, 0.25) is 0 Å². The van der Waals surface area contributed by atoms with Gasteiger partial charge in [-0.25, -0.2) is 0 Å². The minimum atomic E-state index is -0.827. The Morgan fingerprint density at radius 3 is 2.57 bits per heavy atom. The van der Waals surface area contributed by atoms with Crippen LogP contribution in [0.4, 0.5) is 5.69 Å². The van der Waals surface area contributed by atoms with Gasteiger partial charge in [0.05, 0.1) is 11.3 Å². The standard InChI is InChI=1S/C28H28ClN3O3/c1-31-25-11-10-21(33)18-24(25)22(23-4-2-14-30-26(23)27(31)34)5-3-15-32-16-12-28(35,13-17-32)19-6-8-20(29)9-7-19/h2,4-11,14,18,33,35H,3,12-13,15-17H2,1H3/b22-5-. The van der Waals surface area contributed by atoms with Crippen LogP contribution in [-0.2, 0) is 5.60 Å². The number of rotatable bonds is 4. The number of hydrogen-bond donors (Lipinski definition) is 2. The maximum Gasteiger partial charge on any atom is 0.277 e. The number of piperidine rings is 1. The van der Waals surface area contributed by atoms with Gasteiger partial charge in [-0.05, 0) is 66.8 Å². The number of phenols is 1. The Hall–Kier alpha value is -3.19. The van der Waals surface area contributed by atoms with Crippen molar-refractivity contribution >= 4 is 28.8 Å². The molecule has 2 aliphatic rings. The van der Waals surface area contributed by atoms with Crippen molar-refractivity contribution in [3.63, 3.8) is 0 Å². The second-order valence-corrected chi connectivity index (χ2v) is 9.69. The monoisotopic (exact) mass is 489 g/mol. The second-order valence-electron chi connectivity index (χ2n) is 9.25. The molecule has 3 heterocycles. The Labute approximate surface area is 210 Å². The molecule has 0 spiro atoms. The molecule has 0 atom stereocenters. The Kier molecular flexibility index (Phi) is 6.36. The molecule has 1 aromatic heterocycles. The van der Waals surface area contributed by atoms with Gasteiger partial charge in [-0.3, -0.25) is 9.78 Å². The van der Waals surface area contributed by atoms with Crippen LogP contribution in [0.1, 0.15) is 46.4 Å². The lowest BCUT2D eigenvalue weighted by atomic mass is 9.84. The Balaban J connectivity index is 1.35. The summed E-state index contributed by atoms with van der Waals surface area (Å²) in [7, 11) is 1.73. The highest BCUT2D eigenvalue weighted by Gasteiger charge is 2.34. The van der Waals surface area contributed by atoms with Crippen LogP contribution in [0.5, 0.6) is 5.75 Å². The van der Waals surface area contributed by atoms with Gasteiger partial charge in [-0.1, -0.05) is 35.9 Å². The van der Waals surface area contributed by atoms with Gasteiger partial charge in [-0.15, -0.1) is 0 Å². The fourth-order valence-corrected chi connectivity index (χ4v) is 5.17. The third-order valence-corrected chi connectivity index (χ3v) is 7.35. The SMILES string of the molecule is CN1C(=O)c2ncccc2/C(=C/CCN2CCC(O)(c3ccc(Cl)cc3)CC2)c2cc(O)ccc21. The molecule has 0 unspecified atom stereocenters. The highest BCUT2D eigenvalue weighted by Crippen LogP contribution is 2.39. The summed E-state index contributed by atoms with van der Waals surface area (Å²) in [6.45, 7) is 2.41. The summed E-state index contributed by atoms with van der Waals surface area (Å²) in [6.07, 6.45) is 5.84. The van der Waals surface area contributed by atoms with Crippen LogP contribution in [0.2, 0.25) is 5.02 Å². The van der Waals surface area contributed by atoms with E-state index in [4.69, 9.17) is 11.6 Å². The maximum atomic E-state index is 13.1. The predicted molar refractivity (Wildman–Crippen MR) is 138 cm³/mol. The molecule has 6 nitrogen and oxygen atoms in total. The number of amides is 1. The highest BCUT2D eigenvalue weighted by atomic mass is 35.5. The van der Waals surface area contributed by atoms with Crippen LogP contribution in [0.15, 0.2) is 66.9 Å². The van der Waals surface area contributed by atoms with Gasteiger partial charge in [0.1, 0.15) is 11.4 Å². The van der Waals surface area contributed by atoms with Crippen molar-refractivity contribution in [2.24, 2.45) is 0 Å². The van der Waals surface area contributed by atoms with E-state index in [9.17, 15) is 15.0 Å². The first-order chi connectivity index (χ1) is 16.9. The zero-order valence-electron chi connectivity index (χ0n) is 19.6. The van der Waals surface area contributed by atoms with Gasteiger partial charge in [0, 0.05) is 49.0 Å². The molecular weight excluding hydrogens is 462 g/mol. The van der Waals surface area contributed by atoms with Crippen LogP contribution >= 0.6 is 11.6 Å².